The number of aromatic hydroxyl groups is 2. The molecule has 112 valence electrons. The van der Waals surface area contributed by atoms with Crippen LogP contribution in [-0.2, 0) is 6.42 Å². The molecule has 0 aliphatic heterocycles. The molecule has 0 aromatic heterocycles. The highest BCUT2D eigenvalue weighted by molar-refractivity contribution is 6.30. The van der Waals surface area contributed by atoms with Crippen LogP contribution in [0, 0.1) is 0 Å². The first-order chi connectivity index (χ1) is 9.95. The lowest BCUT2D eigenvalue weighted by molar-refractivity contribution is 0.425. The number of benzene rings is 2. The van der Waals surface area contributed by atoms with E-state index in [9.17, 15) is 10.2 Å². The largest absolute Gasteiger partial charge is 0.508 e. The Bertz CT molecular complexity index is 615. The quantitative estimate of drug-likeness (QED) is 0.731. The Labute approximate surface area is 130 Å². The van der Waals surface area contributed by atoms with Gasteiger partial charge in [-0.05, 0) is 56.2 Å². The SMILES string of the molecule is CC(Cc1cccc(Cl)c1)NC(C)c1cc(O)ccc1O. The molecule has 0 saturated heterocycles. The summed E-state index contributed by atoms with van der Waals surface area (Å²) in [5.74, 6) is 0.335. The maximum absolute atomic E-state index is 9.88. The minimum absolute atomic E-state index is 0.0636. The zero-order valence-corrected chi connectivity index (χ0v) is 12.9. The van der Waals surface area contributed by atoms with E-state index >= 15 is 0 Å². The summed E-state index contributed by atoms with van der Waals surface area (Å²) in [7, 11) is 0. The van der Waals surface area contributed by atoms with Gasteiger partial charge in [0.25, 0.3) is 0 Å². The van der Waals surface area contributed by atoms with Gasteiger partial charge in [0, 0.05) is 22.7 Å². The third-order valence-electron chi connectivity index (χ3n) is 3.44. The zero-order chi connectivity index (χ0) is 15.4. The summed E-state index contributed by atoms with van der Waals surface area (Å²) in [6, 6.07) is 12.5. The lowest BCUT2D eigenvalue weighted by Crippen LogP contribution is -2.30. The van der Waals surface area contributed by atoms with Gasteiger partial charge in [-0.15, -0.1) is 0 Å². The molecule has 0 saturated carbocycles. The lowest BCUT2D eigenvalue weighted by Gasteiger charge is -2.21. The molecule has 0 radical (unpaired) electrons. The van der Waals surface area contributed by atoms with E-state index in [2.05, 4.69) is 12.2 Å². The third kappa shape index (κ3) is 4.38. The Morgan fingerprint density at radius 1 is 1.10 bits per heavy atom. The minimum atomic E-state index is -0.0636. The maximum atomic E-state index is 9.88. The van der Waals surface area contributed by atoms with E-state index in [1.165, 1.54) is 12.1 Å². The zero-order valence-electron chi connectivity index (χ0n) is 12.2. The average Bonchev–Trinajstić information content (AvgIpc) is 2.41. The predicted octanol–water partition coefficient (Wildman–Crippen LogP) is 4.03. The molecular weight excluding hydrogens is 286 g/mol. The number of nitrogens with one attached hydrogen (secondary N) is 1. The summed E-state index contributed by atoms with van der Waals surface area (Å²) >= 11 is 5.99. The molecule has 0 aliphatic carbocycles. The van der Waals surface area contributed by atoms with Crippen LogP contribution >= 0.6 is 11.6 Å². The minimum Gasteiger partial charge on any atom is -0.508 e. The molecule has 3 nitrogen and oxygen atoms in total. The molecule has 0 aliphatic rings. The summed E-state index contributed by atoms with van der Waals surface area (Å²) in [6.07, 6.45) is 0.838. The van der Waals surface area contributed by atoms with Crippen molar-refractivity contribution >= 4 is 11.6 Å². The predicted molar refractivity (Wildman–Crippen MR) is 85.9 cm³/mol. The highest BCUT2D eigenvalue weighted by Gasteiger charge is 2.14. The van der Waals surface area contributed by atoms with E-state index in [1.807, 2.05) is 31.2 Å². The molecule has 2 aromatic carbocycles. The molecule has 2 aromatic rings. The van der Waals surface area contributed by atoms with Crippen molar-refractivity contribution in [2.45, 2.75) is 32.4 Å². The van der Waals surface area contributed by atoms with Crippen LogP contribution in [0.1, 0.15) is 31.0 Å². The van der Waals surface area contributed by atoms with Crippen molar-refractivity contribution < 1.29 is 10.2 Å². The second kappa shape index (κ2) is 6.83. The highest BCUT2D eigenvalue weighted by Crippen LogP contribution is 2.28. The van der Waals surface area contributed by atoms with E-state index in [-0.39, 0.29) is 23.6 Å². The number of phenols is 2. The fourth-order valence-corrected chi connectivity index (χ4v) is 2.69. The lowest BCUT2D eigenvalue weighted by atomic mass is 10.0. The molecule has 2 unspecified atom stereocenters. The molecule has 4 heteroatoms. The van der Waals surface area contributed by atoms with Crippen molar-refractivity contribution in [3.05, 3.63) is 58.6 Å². The van der Waals surface area contributed by atoms with Gasteiger partial charge in [-0.1, -0.05) is 23.7 Å². The number of halogens is 1. The average molecular weight is 306 g/mol. The summed E-state index contributed by atoms with van der Waals surface area (Å²) < 4.78 is 0. The first-order valence-electron chi connectivity index (χ1n) is 6.98. The van der Waals surface area contributed by atoms with Gasteiger partial charge in [0.05, 0.1) is 0 Å². The second-order valence-corrected chi connectivity index (χ2v) is 5.80. The number of hydrogen-bond acceptors (Lipinski definition) is 3. The maximum Gasteiger partial charge on any atom is 0.120 e. The first kappa shape index (κ1) is 15.7. The Morgan fingerprint density at radius 3 is 2.57 bits per heavy atom. The van der Waals surface area contributed by atoms with E-state index in [0.717, 1.165) is 17.0 Å². The molecule has 21 heavy (non-hydrogen) atoms. The van der Waals surface area contributed by atoms with E-state index in [0.29, 0.717) is 5.56 Å². The number of hydrogen-bond donors (Lipinski definition) is 3. The van der Waals surface area contributed by atoms with Crippen LogP contribution < -0.4 is 5.32 Å². The molecule has 3 N–H and O–H groups in total. The Hall–Kier alpha value is -1.71. The van der Waals surface area contributed by atoms with Gasteiger partial charge in [-0.3, -0.25) is 0 Å². The van der Waals surface area contributed by atoms with Crippen molar-refractivity contribution in [3.63, 3.8) is 0 Å². The van der Waals surface area contributed by atoms with Crippen LogP contribution in [0.3, 0.4) is 0 Å². The Kier molecular flexibility index (Phi) is 5.10. The van der Waals surface area contributed by atoms with Crippen molar-refractivity contribution in [3.8, 4) is 11.5 Å². The molecule has 2 atom stereocenters. The van der Waals surface area contributed by atoms with Crippen molar-refractivity contribution in [1.29, 1.82) is 0 Å². The fourth-order valence-electron chi connectivity index (χ4n) is 2.48. The van der Waals surface area contributed by atoms with Gasteiger partial charge in [0.1, 0.15) is 11.5 Å². The molecule has 0 heterocycles. The first-order valence-corrected chi connectivity index (χ1v) is 7.36. The van der Waals surface area contributed by atoms with Crippen LogP contribution in [0.5, 0.6) is 11.5 Å². The van der Waals surface area contributed by atoms with Gasteiger partial charge in [0.2, 0.25) is 0 Å². The van der Waals surface area contributed by atoms with Crippen LogP contribution in [0.2, 0.25) is 5.02 Å². The molecule has 0 fully saturated rings. The monoisotopic (exact) mass is 305 g/mol. The van der Waals surface area contributed by atoms with Crippen molar-refractivity contribution in [2.75, 3.05) is 0 Å². The smallest absolute Gasteiger partial charge is 0.120 e. The normalized spacial score (nSPS) is 13.9. The van der Waals surface area contributed by atoms with Gasteiger partial charge in [-0.25, -0.2) is 0 Å². The van der Waals surface area contributed by atoms with Crippen LogP contribution in [-0.4, -0.2) is 16.3 Å². The number of phenolic OH excluding ortho intramolecular Hbond substituents is 2. The summed E-state index contributed by atoms with van der Waals surface area (Å²) in [5, 5.41) is 23.6. The van der Waals surface area contributed by atoms with Crippen LogP contribution in [0.15, 0.2) is 42.5 Å². The molecule has 0 bridgehead atoms. The summed E-state index contributed by atoms with van der Waals surface area (Å²) in [5.41, 5.74) is 1.85. The topological polar surface area (TPSA) is 52.5 Å². The van der Waals surface area contributed by atoms with Crippen molar-refractivity contribution in [1.82, 2.24) is 5.32 Å². The van der Waals surface area contributed by atoms with Gasteiger partial charge in [-0.2, -0.15) is 0 Å². The van der Waals surface area contributed by atoms with Crippen LogP contribution in [0.25, 0.3) is 0 Å². The van der Waals surface area contributed by atoms with Gasteiger partial charge < -0.3 is 15.5 Å². The summed E-state index contributed by atoms with van der Waals surface area (Å²) in [4.78, 5) is 0. The van der Waals surface area contributed by atoms with E-state index < -0.39 is 0 Å². The Balaban J connectivity index is 2.01. The highest BCUT2D eigenvalue weighted by atomic mass is 35.5. The third-order valence-corrected chi connectivity index (χ3v) is 3.68. The molecule has 2 rings (SSSR count). The second-order valence-electron chi connectivity index (χ2n) is 5.37. The van der Waals surface area contributed by atoms with Crippen molar-refractivity contribution in [2.24, 2.45) is 0 Å². The fraction of sp³-hybridized carbons (Fsp3) is 0.294. The van der Waals surface area contributed by atoms with Crippen LogP contribution in [0.4, 0.5) is 0 Å². The Morgan fingerprint density at radius 2 is 1.86 bits per heavy atom. The van der Waals surface area contributed by atoms with Gasteiger partial charge in [0.15, 0.2) is 0 Å². The van der Waals surface area contributed by atoms with E-state index in [4.69, 9.17) is 11.6 Å². The van der Waals surface area contributed by atoms with E-state index in [1.54, 1.807) is 6.07 Å². The number of rotatable bonds is 5. The summed E-state index contributed by atoms with van der Waals surface area (Å²) in [6.45, 7) is 4.04. The molecule has 0 amide bonds. The standard InChI is InChI=1S/C17H20ClNO2/c1-11(8-13-4-3-5-14(18)9-13)19-12(2)16-10-15(20)6-7-17(16)21/h3-7,9-12,19-21H,8H2,1-2H3. The molecular formula is C17H20ClNO2. The molecule has 0 spiro atoms. The van der Waals surface area contributed by atoms with Gasteiger partial charge >= 0.3 is 0 Å².